The zero-order chi connectivity index (χ0) is 25.5. The van der Waals surface area contributed by atoms with Crippen LogP contribution < -0.4 is 5.32 Å². The van der Waals surface area contributed by atoms with Gasteiger partial charge in [0, 0.05) is 12.5 Å². The maximum atomic E-state index is 11.0. The third-order valence-corrected chi connectivity index (χ3v) is 8.17. The third kappa shape index (κ3) is 7.09. The van der Waals surface area contributed by atoms with Crippen molar-refractivity contribution >= 4 is 6.09 Å². The summed E-state index contributed by atoms with van der Waals surface area (Å²) in [4.78, 5) is 15.8. The Kier molecular flexibility index (Phi) is 9.41. The first-order valence-corrected chi connectivity index (χ1v) is 13.5. The maximum Gasteiger partial charge on any atom is 0.407 e. The van der Waals surface area contributed by atoms with Crippen LogP contribution in [-0.2, 0) is 4.74 Å². The van der Waals surface area contributed by atoms with E-state index in [1.165, 1.54) is 68.6 Å². The van der Waals surface area contributed by atoms with Gasteiger partial charge in [-0.1, -0.05) is 55.5 Å². The first-order valence-electron chi connectivity index (χ1n) is 13.5. The standard InChI is InChI=1S/C15H20N2O2.C15H23NO/c1-17-8-6-12(7-9-17)11-2-4-13(5-3-11)14-10-19-15(18)16-14;1-12(11-17)13-3-5-14(6-4-13)15-7-9-16(2)10-8-15/h2-5,12,14H,6-10H2,1H3,(H,16,18);3-6,12,15,17H,7-11H2,1-2H3. The van der Waals surface area contributed by atoms with E-state index in [2.05, 4.69) is 84.7 Å². The van der Waals surface area contributed by atoms with Crippen LogP contribution in [0.1, 0.15) is 78.7 Å². The quantitative estimate of drug-likeness (QED) is 0.622. The van der Waals surface area contributed by atoms with E-state index in [-0.39, 0.29) is 24.7 Å². The summed E-state index contributed by atoms with van der Waals surface area (Å²) in [7, 11) is 4.38. The van der Waals surface area contributed by atoms with E-state index in [0.717, 1.165) is 11.5 Å². The molecule has 3 aliphatic heterocycles. The average Bonchev–Trinajstić information content (AvgIpc) is 3.36. The molecule has 0 aromatic heterocycles. The molecule has 0 saturated carbocycles. The van der Waals surface area contributed by atoms with Crippen LogP contribution in [-0.4, -0.2) is 74.5 Å². The second kappa shape index (κ2) is 12.7. The van der Waals surface area contributed by atoms with Gasteiger partial charge in [-0.15, -0.1) is 0 Å². The molecule has 6 heteroatoms. The van der Waals surface area contributed by atoms with Gasteiger partial charge >= 0.3 is 6.09 Å². The summed E-state index contributed by atoms with van der Waals surface area (Å²) in [5.41, 5.74) is 5.25. The van der Waals surface area contributed by atoms with Gasteiger partial charge in [0.2, 0.25) is 0 Å². The smallest absolute Gasteiger partial charge is 0.407 e. The van der Waals surface area contributed by atoms with E-state index < -0.39 is 0 Å². The number of piperidine rings is 2. The number of alkyl carbamates (subject to hydrolysis) is 1. The minimum atomic E-state index is -0.315. The highest BCUT2D eigenvalue weighted by Gasteiger charge is 2.24. The zero-order valence-electron chi connectivity index (χ0n) is 22.2. The summed E-state index contributed by atoms with van der Waals surface area (Å²) in [6.07, 6.45) is 4.69. The molecule has 196 valence electrons. The Balaban J connectivity index is 0.000000170. The van der Waals surface area contributed by atoms with Gasteiger partial charge < -0.3 is 25.0 Å². The minimum Gasteiger partial charge on any atom is -0.447 e. The second-order valence-corrected chi connectivity index (χ2v) is 10.9. The molecule has 2 atom stereocenters. The Hall–Kier alpha value is -2.41. The molecular formula is C30H43N3O3. The molecule has 1 amide bonds. The number of hydrogen-bond acceptors (Lipinski definition) is 5. The van der Waals surface area contributed by atoms with Gasteiger partial charge in [0.25, 0.3) is 0 Å². The molecule has 2 N–H and O–H groups in total. The zero-order valence-corrected chi connectivity index (χ0v) is 22.2. The van der Waals surface area contributed by atoms with E-state index >= 15 is 0 Å². The molecule has 0 bridgehead atoms. The summed E-state index contributed by atoms with van der Waals surface area (Å²) in [6, 6.07) is 17.5. The fourth-order valence-electron chi connectivity index (χ4n) is 5.45. The molecule has 0 aliphatic carbocycles. The lowest BCUT2D eigenvalue weighted by molar-refractivity contribution is 0.177. The SMILES string of the molecule is CC(CO)c1ccc(C2CCN(C)CC2)cc1.CN1CCC(c2ccc(C3COC(=O)N3)cc2)CC1. The molecule has 0 radical (unpaired) electrons. The lowest BCUT2D eigenvalue weighted by atomic mass is 9.88. The van der Waals surface area contributed by atoms with Crippen LogP contribution in [0.15, 0.2) is 48.5 Å². The van der Waals surface area contributed by atoms with Gasteiger partial charge in [-0.3, -0.25) is 0 Å². The molecule has 3 saturated heterocycles. The van der Waals surface area contributed by atoms with E-state index in [0.29, 0.717) is 12.5 Å². The van der Waals surface area contributed by atoms with Crippen LogP contribution in [0.25, 0.3) is 0 Å². The molecule has 5 rings (SSSR count). The van der Waals surface area contributed by atoms with Gasteiger partial charge in [-0.05, 0) is 100 Å². The molecule has 3 aliphatic rings. The number of cyclic esters (lactones) is 1. The van der Waals surface area contributed by atoms with Crippen LogP contribution in [0.2, 0.25) is 0 Å². The van der Waals surface area contributed by atoms with Crippen molar-refractivity contribution < 1.29 is 14.6 Å². The fraction of sp³-hybridized carbons (Fsp3) is 0.567. The number of aliphatic hydroxyl groups excluding tert-OH is 1. The third-order valence-electron chi connectivity index (χ3n) is 8.17. The van der Waals surface area contributed by atoms with Gasteiger partial charge in [-0.25, -0.2) is 4.79 Å². The highest BCUT2D eigenvalue weighted by atomic mass is 16.6. The summed E-state index contributed by atoms with van der Waals surface area (Å²) in [6.45, 7) is 7.50. The van der Waals surface area contributed by atoms with E-state index in [9.17, 15) is 4.79 Å². The Morgan fingerprint density at radius 2 is 1.28 bits per heavy atom. The summed E-state index contributed by atoms with van der Waals surface area (Å²) in [5.74, 6) is 1.66. The predicted molar refractivity (Wildman–Crippen MR) is 145 cm³/mol. The topological polar surface area (TPSA) is 65.0 Å². The van der Waals surface area contributed by atoms with Gasteiger partial charge in [0.1, 0.15) is 6.61 Å². The Bertz CT molecular complexity index is 946. The van der Waals surface area contributed by atoms with Crippen LogP contribution in [0, 0.1) is 0 Å². The maximum absolute atomic E-state index is 11.0. The molecule has 3 heterocycles. The molecule has 36 heavy (non-hydrogen) atoms. The molecule has 2 aromatic carbocycles. The number of ether oxygens (including phenoxy) is 1. The van der Waals surface area contributed by atoms with Gasteiger partial charge in [-0.2, -0.15) is 0 Å². The number of nitrogens with zero attached hydrogens (tertiary/aromatic N) is 2. The lowest BCUT2D eigenvalue weighted by Crippen LogP contribution is -2.29. The monoisotopic (exact) mass is 493 g/mol. The lowest BCUT2D eigenvalue weighted by Gasteiger charge is -2.29. The van der Waals surface area contributed by atoms with Gasteiger partial charge in [0.15, 0.2) is 0 Å². The van der Waals surface area contributed by atoms with Crippen LogP contribution >= 0.6 is 0 Å². The van der Waals surface area contributed by atoms with E-state index in [1.807, 2.05) is 0 Å². The summed E-state index contributed by atoms with van der Waals surface area (Å²) >= 11 is 0. The highest BCUT2D eigenvalue weighted by molar-refractivity contribution is 5.70. The van der Waals surface area contributed by atoms with Gasteiger partial charge in [0.05, 0.1) is 6.04 Å². The van der Waals surface area contributed by atoms with E-state index in [4.69, 9.17) is 9.84 Å². The molecule has 2 unspecified atom stereocenters. The number of likely N-dealkylation sites (tertiary alicyclic amines) is 2. The fourth-order valence-corrected chi connectivity index (χ4v) is 5.45. The minimum absolute atomic E-state index is 0.0130. The largest absolute Gasteiger partial charge is 0.447 e. The van der Waals surface area contributed by atoms with Crippen molar-refractivity contribution in [3.8, 4) is 0 Å². The summed E-state index contributed by atoms with van der Waals surface area (Å²) in [5, 5.41) is 11.9. The molecule has 2 aromatic rings. The number of nitrogens with one attached hydrogen (secondary N) is 1. The molecule has 0 spiro atoms. The van der Waals surface area contributed by atoms with Crippen LogP contribution in [0.3, 0.4) is 0 Å². The number of amides is 1. The van der Waals surface area contributed by atoms with Crippen molar-refractivity contribution in [3.63, 3.8) is 0 Å². The number of benzene rings is 2. The van der Waals surface area contributed by atoms with Crippen molar-refractivity contribution in [3.05, 3.63) is 70.8 Å². The highest BCUT2D eigenvalue weighted by Crippen LogP contribution is 2.30. The van der Waals surface area contributed by atoms with Crippen molar-refractivity contribution in [2.45, 2.75) is 56.4 Å². The molecular weight excluding hydrogens is 450 g/mol. The Labute approximate surface area is 216 Å². The number of hydrogen-bond donors (Lipinski definition) is 2. The first kappa shape index (κ1) is 26.6. The first-order chi connectivity index (χ1) is 17.4. The number of rotatable bonds is 5. The Morgan fingerprint density at radius 1 is 0.833 bits per heavy atom. The van der Waals surface area contributed by atoms with Crippen molar-refractivity contribution in [1.82, 2.24) is 15.1 Å². The molecule has 3 fully saturated rings. The average molecular weight is 494 g/mol. The van der Waals surface area contributed by atoms with Crippen molar-refractivity contribution in [2.75, 3.05) is 53.5 Å². The number of aliphatic hydroxyl groups is 1. The van der Waals surface area contributed by atoms with Crippen molar-refractivity contribution in [1.29, 1.82) is 0 Å². The Morgan fingerprint density at radius 3 is 1.69 bits per heavy atom. The predicted octanol–water partition coefficient (Wildman–Crippen LogP) is 4.87. The number of carbonyl (C=O) groups is 1. The normalized spacial score (nSPS) is 22.9. The second-order valence-electron chi connectivity index (χ2n) is 10.9. The summed E-state index contributed by atoms with van der Waals surface area (Å²) < 4.78 is 4.92. The van der Waals surface area contributed by atoms with Crippen LogP contribution in [0.5, 0.6) is 0 Å². The van der Waals surface area contributed by atoms with Crippen LogP contribution in [0.4, 0.5) is 4.79 Å². The number of carbonyl (C=O) groups excluding carboxylic acids is 1. The van der Waals surface area contributed by atoms with E-state index in [1.54, 1.807) is 0 Å². The molecule has 6 nitrogen and oxygen atoms in total. The van der Waals surface area contributed by atoms with Crippen molar-refractivity contribution in [2.24, 2.45) is 0 Å².